The number of halogens is 1. The Kier molecular flexibility index (Phi) is 13.9. The average molecular weight is 531 g/mol. The van der Waals surface area contributed by atoms with E-state index in [4.69, 9.17) is 18.9 Å². The zero-order chi connectivity index (χ0) is 26.7. The molecule has 0 aliphatic carbocycles. The van der Waals surface area contributed by atoms with Gasteiger partial charge in [0.15, 0.2) is 18.7 Å². The maximum Gasteiger partial charge on any atom is 0.305 e. The molecule has 2 rings (SSSR count). The number of esters is 1. The second-order valence-electron chi connectivity index (χ2n) is 8.89. The second-order valence-corrected chi connectivity index (χ2v) is 8.89. The number of carbonyl (C=O) groups excluding carboxylic acids is 1. The maximum absolute atomic E-state index is 13.2. The summed E-state index contributed by atoms with van der Waals surface area (Å²) in [6.45, 7) is -1.18. The molecule has 0 amide bonds. The smallest absolute Gasteiger partial charge is 0.305 e. The zero-order valence-electron chi connectivity index (χ0n) is 20.3. The van der Waals surface area contributed by atoms with Gasteiger partial charge in [0.05, 0.1) is 20.3 Å². The van der Waals surface area contributed by atoms with E-state index in [9.17, 15) is 40.0 Å². The van der Waals surface area contributed by atoms with Crippen molar-refractivity contribution in [1.82, 2.24) is 0 Å². The van der Waals surface area contributed by atoms with E-state index in [2.05, 4.69) is 9.68 Å². The fourth-order valence-electron chi connectivity index (χ4n) is 4.13. The highest BCUT2D eigenvalue weighted by molar-refractivity contribution is 5.68. The minimum absolute atomic E-state index is 0.169. The Morgan fingerprint density at radius 2 is 1.31 bits per heavy atom. The minimum atomic E-state index is -1.83. The molecule has 13 nitrogen and oxygen atoms in total. The maximum atomic E-state index is 13.2. The van der Waals surface area contributed by atoms with Gasteiger partial charge in [0.1, 0.15) is 42.7 Å². The number of methoxy groups -OCH3 is 1. The van der Waals surface area contributed by atoms with Crippen LogP contribution in [0.2, 0.25) is 0 Å². The van der Waals surface area contributed by atoms with Gasteiger partial charge in [-0.3, -0.25) is 4.79 Å². The molecule has 0 spiro atoms. The monoisotopic (exact) mass is 530 g/mol. The summed E-state index contributed by atoms with van der Waals surface area (Å²) in [7, 11) is 1.35. The van der Waals surface area contributed by atoms with Crippen molar-refractivity contribution >= 4 is 5.97 Å². The van der Waals surface area contributed by atoms with Crippen molar-refractivity contribution in [2.45, 2.75) is 106 Å². The van der Waals surface area contributed by atoms with Gasteiger partial charge >= 0.3 is 5.97 Å². The number of carbonyl (C=O) groups is 1. The van der Waals surface area contributed by atoms with Gasteiger partial charge in [-0.2, -0.15) is 4.94 Å². The van der Waals surface area contributed by atoms with E-state index in [1.54, 1.807) is 0 Å². The van der Waals surface area contributed by atoms with Gasteiger partial charge in [0.25, 0.3) is 0 Å². The third-order valence-corrected chi connectivity index (χ3v) is 6.33. The van der Waals surface area contributed by atoms with Crippen molar-refractivity contribution in [3.8, 4) is 0 Å². The van der Waals surface area contributed by atoms with Crippen molar-refractivity contribution in [2.75, 3.05) is 26.9 Å². The molecule has 2 saturated heterocycles. The van der Waals surface area contributed by atoms with E-state index in [-0.39, 0.29) is 12.6 Å². The lowest BCUT2D eigenvalue weighted by Gasteiger charge is -2.45. The van der Waals surface area contributed by atoms with Crippen LogP contribution < -0.4 is 0 Å². The Hall–Kier alpha value is -1.04. The molecule has 212 valence electrons. The summed E-state index contributed by atoms with van der Waals surface area (Å²) in [5.74, 6) is -0.235. The van der Waals surface area contributed by atoms with Gasteiger partial charge in [0, 0.05) is 13.0 Å². The molecule has 0 aromatic heterocycles. The van der Waals surface area contributed by atoms with E-state index in [0.717, 1.165) is 32.1 Å². The van der Waals surface area contributed by atoms with Crippen LogP contribution in [-0.2, 0) is 33.4 Å². The van der Waals surface area contributed by atoms with Crippen LogP contribution in [0.1, 0.15) is 44.9 Å². The molecule has 0 aromatic rings. The number of ether oxygens (including phenoxy) is 5. The highest BCUT2D eigenvalue weighted by Crippen LogP contribution is 2.31. The fourth-order valence-corrected chi connectivity index (χ4v) is 4.13. The molecule has 6 N–H and O–H groups in total. The topological polar surface area (TPSA) is 194 Å². The largest absolute Gasteiger partial charge is 0.469 e. The van der Waals surface area contributed by atoms with E-state index in [0.29, 0.717) is 12.8 Å². The van der Waals surface area contributed by atoms with Crippen molar-refractivity contribution in [2.24, 2.45) is 0 Å². The van der Waals surface area contributed by atoms with Crippen LogP contribution in [0.15, 0.2) is 0 Å². The Morgan fingerprint density at radius 1 is 0.778 bits per heavy atom. The minimum Gasteiger partial charge on any atom is -0.469 e. The van der Waals surface area contributed by atoms with Crippen LogP contribution in [-0.4, -0.2) is 125 Å². The van der Waals surface area contributed by atoms with E-state index in [1.807, 2.05) is 0 Å². The van der Waals surface area contributed by atoms with Crippen LogP contribution in [0.4, 0.5) is 4.53 Å². The summed E-state index contributed by atoms with van der Waals surface area (Å²) >= 11 is 0. The first kappa shape index (κ1) is 31.2. The average Bonchev–Trinajstić information content (AvgIpc) is 2.88. The predicted molar refractivity (Wildman–Crippen MR) is 117 cm³/mol. The second kappa shape index (κ2) is 16.0. The van der Waals surface area contributed by atoms with Crippen molar-refractivity contribution in [3.63, 3.8) is 0 Å². The first-order valence-electron chi connectivity index (χ1n) is 12.1. The number of aliphatic hydroxyl groups excluding tert-OH is 6. The van der Waals surface area contributed by atoms with Crippen LogP contribution in [0.25, 0.3) is 0 Å². The molecule has 0 bridgehead atoms. The van der Waals surface area contributed by atoms with Gasteiger partial charge < -0.3 is 54.3 Å². The van der Waals surface area contributed by atoms with E-state index < -0.39 is 74.6 Å². The molecule has 0 aromatic carbocycles. The summed E-state index contributed by atoms with van der Waals surface area (Å²) in [5, 5.41) is 59.7. The lowest BCUT2D eigenvalue weighted by atomic mass is 9.97. The quantitative estimate of drug-likeness (QED) is 0.105. The molecule has 10 atom stereocenters. The number of rotatable bonds is 15. The summed E-state index contributed by atoms with van der Waals surface area (Å²) < 4.78 is 39.8. The molecule has 2 aliphatic rings. The summed E-state index contributed by atoms with van der Waals surface area (Å²) in [5.41, 5.74) is 0. The summed E-state index contributed by atoms with van der Waals surface area (Å²) in [6, 6.07) is 0. The molecule has 0 saturated carbocycles. The Balaban J connectivity index is 1.91. The number of aliphatic hydroxyl groups is 6. The van der Waals surface area contributed by atoms with Crippen molar-refractivity contribution in [3.05, 3.63) is 0 Å². The van der Waals surface area contributed by atoms with Gasteiger partial charge in [-0.1, -0.05) is 25.7 Å². The lowest BCUT2D eigenvalue weighted by Crippen LogP contribution is -2.64. The molecule has 2 heterocycles. The van der Waals surface area contributed by atoms with Gasteiger partial charge in [-0.15, -0.1) is 0 Å². The molecule has 0 radical (unpaired) electrons. The Labute approximate surface area is 208 Å². The molecule has 0 unspecified atom stereocenters. The molecular formula is C22H39FO13. The van der Waals surface area contributed by atoms with Gasteiger partial charge in [-0.05, 0) is 17.4 Å². The van der Waals surface area contributed by atoms with Crippen LogP contribution in [0, 0.1) is 0 Å². The number of hydrogen-bond acceptors (Lipinski definition) is 13. The van der Waals surface area contributed by atoms with Crippen molar-refractivity contribution < 1.29 is 68.6 Å². The van der Waals surface area contributed by atoms with E-state index >= 15 is 0 Å². The predicted octanol–water partition coefficient (Wildman–Crippen LogP) is -1.56. The molecule has 2 fully saturated rings. The lowest BCUT2D eigenvalue weighted by molar-refractivity contribution is -0.390. The first-order valence-corrected chi connectivity index (χ1v) is 12.1. The molecule has 14 heteroatoms. The first-order chi connectivity index (χ1) is 17.3. The van der Waals surface area contributed by atoms with Crippen LogP contribution in [0.5, 0.6) is 0 Å². The molecule has 36 heavy (non-hydrogen) atoms. The SMILES string of the molecule is COC(=O)CCCCCCCCO[C@H]1O[C@H](CO)[C@@H](O)[C@H](O)[C@H]1O[C@H]1O[C@H](CO)[C@@H](O)[C@H](O)[C@H]1OF. The summed E-state index contributed by atoms with van der Waals surface area (Å²) in [6.07, 6.45) is -10.3. The Morgan fingerprint density at radius 3 is 1.86 bits per heavy atom. The van der Waals surface area contributed by atoms with Gasteiger partial charge in [-0.25, -0.2) is 0 Å². The van der Waals surface area contributed by atoms with Crippen LogP contribution in [0.3, 0.4) is 0 Å². The molecular weight excluding hydrogens is 491 g/mol. The number of hydrogen-bond donors (Lipinski definition) is 6. The van der Waals surface area contributed by atoms with Crippen molar-refractivity contribution in [1.29, 1.82) is 0 Å². The number of unbranched alkanes of at least 4 members (excludes halogenated alkanes) is 5. The normalized spacial score (nSPS) is 37.1. The third-order valence-electron chi connectivity index (χ3n) is 6.33. The van der Waals surface area contributed by atoms with Crippen LogP contribution >= 0.6 is 0 Å². The highest BCUT2D eigenvalue weighted by atomic mass is 19.3. The van der Waals surface area contributed by atoms with Gasteiger partial charge in [0.2, 0.25) is 0 Å². The van der Waals surface area contributed by atoms with E-state index in [1.165, 1.54) is 7.11 Å². The zero-order valence-corrected chi connectivity index (χ0v) is 20.3. The standard InChI is InChI=1S/C22H39FO13/c1-31-14(26)8-6-4-2-3-5-7-9-32-21-19(17(29)15(27)12(10-24)33-21)35-22-20(36-23)18(30)16(28)13(11-25)34-22/h12-13,15-22,24-25,27-30H,2-11H2,1H3/t12-,13-,15-,16-,17+,18+,19-,20-,21+,22-/m1/s1. The fraction of sp³-hybridized carbons (Fsp3) is 0.955. The summed E-state index contributed by atoms with van der Waals surface area (Å²) in [4.78, 5) is 14.8. The highest BCUT2D eigenvalue weighted by Gasteiger charge is 2.52. The Bertz CT molecular complexity index is 629. The third kappa shape index (κ3) is 8.49. The molecule has 2 aliphatic heterocycles.